The molecule has 0 aliphatic carbocycles. The maximum atomic E-state index is 10.8. The number of nitrogen functional groups attached to an aromatic ring is 1. The number of hydrogen-bond donors (Lipinski definition) is 2. The third-order valence-electron chi connectivity index (χ3n) is 2.66. The monoisotopic (exact) mass is 210 g/mol. The molecule has 0 unspecified atom stereocenters. The number of hydrogen-bond acceptors (Lipinski definition) is 3. The summed E-state index contributed by atoms with van der Waals surface area (Å²) in [6.45, 7) is 1.11. The third kappa shape index (κ3) is 2.03. The first kappa shape index (κ1) is 9.82. The molecular weight excluding hydrogens is 196 g/mol. The molecule has 82 valence electrons. The number of piperidine rings is 1. The number of carboxylic acid groups (broad SMARTS) is 1. The van der Waals surface area contributed by atoms with Crippen LogP contribution in [-0.2, 0) is 0 Å². The van der Waals surface area contributed by atoms with Gasteiger partial charge in [-0.25, -0.2) is 4.79 Å². The summed E-state index contributed by atoms with van der Waals surface area (Å²) in [5.74, 6) is 0. The summed E-state index contributed by atoms with van der Waals surface area (Å²) in [7, 11) is 0. The molecule has 6 heteroatoms. The van der Waals surface area contributed by atoms with E-state index in [0.717, 1.165) is 12.8 Å². The Kier molecular flexibility index (Phi) is 2.49. The van der Waals surface area contributed by atoms with E-state index in [1.54, 1.807) is 17.1 Å². The molecule has 2 heterocycles. The van der Waals surface area contributed by atoms with E-state index in [-0.39, 0.29) is 6.04 Å². The Labute approximate surface area is 87.3 Å². The summed E-state index contributed by atoms with van der Waals surface area (Å²) in [5.41, 5.74) is 6.18. The van der Waals surface area contributed by atoms with Crippen molar-refractivity contribution in [2.45, 2.75) is 18.9 Å². The molecule has 1 aliphatic heterocycles. The predicted molar refractivity (Wildman–Crippen MR) is 54.5 cm³/mol. The second-order valence-electron chi connectivity index (χ2n) is 3.78. The molecule has 3 N–H and O–H groups in total. The van der Waals surface area contributed by atoms with E-state index >= 15 is 0 Å². The second-order valence-corrected chi connectivity index (χ2v) is 3.78. The Morgan fingerprint density at radius 3 is 3.07 bits per heavy atom. The minimum atomic E-state index is -0.861. The van der Waals surface area contributed by atoms with Gasteiger partial charge in [-0.05, 0) is 12.8 Å². The fourth-order valence-electron chi connectivity index (χ4n) is 1.90. The van der Waals surface area contributed by atoms with Crippen LogP contribution < -0.4 is 5.73 Å². The van der Waals surface area contributed by atoms with Gasteiger partial charge in [0.2, 0.25) is 0 Å². The fraction of sp³-hybridized carbons (Fsp3) is 0.556. The molecule has 1 aliphatic rings. The molecule has 1 saturated heterocycles. The largest absolute Gasteiger partial charge is 0.465 e. The van der Waals surface area contributed by atoms with Crippen LogP contribution in [-0.4, -0.2) is 39.0 Å². The lowest BCUT2D eigenvalue weighted by Gasteiger charge is -2.30. The number of aromatic nitrogens is 2. The van der Waals surface area contributed by atoms with Crippen LogP contribution in [0.5, 0.6) is 0 Å². The molecule has 1 aromatic rings. The van der Waals surface area contributed by atoms with E-state index in [4.69, 9.17) is 10.8 Å². The number of nitrogens with zero attached hydrogens (tertiary/aromatic N) is 3. The van der Waals surface area contributed by atoms with Gasteiger partial charge in [-0.15, -0.1) is 0 Å². The zero-order chi connectivity index (χ0) is 10.8. The molecule has 6 nitrogen and oxygen atoms in total. The van der Waals surface area contributed by atoms with E-state index in [2.05, 4.69) is 5.10 Å². The summed E-state index contributed by atoms with van der Waals surface area (Å²) < 4.78 is 1.75. The highest BCUT2D eigenvalue weighted by molar-refractivity contribution is 5.65. The molecule has 0 saturated carbocycles. The number of rotatable bonds is 1. The van der Waals surface area contributed by atoms with Crippen LogP contribution in [0.25, 0.3) is 0 Å². The molecular formula is C9H14N4O2. The van der Waals surface area contributed by atoms with E-state index in [1.807, 2.05) is 0 Å². The number of amides is 1. The van der Waals surface area contributed by atoms with Gasteiger partial charge < -0.3 is 15.7 Å². The van der Waals surface area contributed by atoms with Crippen molar-refractivity contribution < 1.29 is 9.90 Å². The normalized spacial score (nSPS) is 21.6. The van der Waals surface area contributed by atoms with Crippen LogP contribution in [0.1, 0.15) is 18.9 Å². The van der Waals surface area contributed by atoms with Gasteiger partial charge in [0.1, 0.15) is 0 Å². The van der Waals surface area contributed by atoms with E-state index in [9.17, 15) is 4.79 Å². The van der Waals surface area contributed by atoms with E-state index in [1.165, 1.54) is 4.90 Å². The lowest BCUT2D eigenvalue weighted by Crippen LogP contribution is -2.39. The van der Waals surface area contributed by atoms with Crippen molar-refractivity contribution >= 4 is 11.8 Å². The number of carbonyl (C=O) groups is 1. The molecule has 1 amide bonds. The molecule has 2 rings (SSSR count). The maximum Gasteiger partial charge on any atom is 0.407 e. The first-order valence-corrected chi connectivity index (χ1v) is 4.94. The van der Waals surface area contributed by atoms with Crippen molar-refractivity contribution in [2.24, 2.45) is 0 Å². The Hall–Kier alpha value is -1.72. The first-order valence-electron chi connectivity index (χ1n) is 4.94. The van der Waals surface area contributed by atoms with Crippen LogP contribution in [0.4, 0.5) is 10.5 Å². The van der Waals surface area contributed by atoms with Gasteiger partial charge >= 0.3 is 6.09 Å². The van der Waals surface area contributed by atoms with Gasteiger partial charge in [0, 0.05) is 19.3 Å². The van der Waals surface area contributed by atoms with Gasteiger partial charge in [0.15, 0.2) is 0 Å². The SMILES string of the molecule is Nc1cnn([C@H]2CCCN(C(=O)O)C2)c1. The summed E-state index contributed by atoms with van der Waals surface area (Å²) in [6.07, 6.45) is 4.29. The average Bonchev–Trinajstić information content (AvgIpc) is 2.65. The van der Waals surface area contributed by atoms with Crippen molar-refractivity contribution in [3.05, 3.63) is 12.4 Å². The van der Waals surface area contributed by atoms with Crippen LogP contribution in [0, 0.1) is 0 Å². The van der Waals surface area contributed by atoms with E-state index < -0.39 is 6.09 Å². The van der Waals surface area contributed by atoms with Crippen LogP contribution in [0.15, 0.2) is 12.4 Å². The predicted octanol–water partition coefficient (Wildman–Crippen LogP) is 0.780. The summed E-state index contributed by atoms with van der Waals surface area (Å²) in [5, 5.41) is 13.0. The standard InChI is InChI=1S/C9H14N4O2/c10-7-4-11-13(5-7)8-2-1-3-12(6-8)9(14)15/h4-5,8H,1-3,6,10H2,(H,14,15)/t8-/m0/s1. The maximum absolute atomic E-state index is 10.8. The molecule has 0 aromatic carbocycles. The van der Waals surface area contributed by atoms with Crippen LogP contribution in [0.3, 0.4) is 0 Å². The van der Waals surface area contributed by atoms with Gasteiger partial charge in [-0.1, -0.05) is 0 Å². The minimum absolute atomic E-state index is 0.118. The highest BCUT2D eigenvalue weighted by Gasteiger charge is 2.24. The molecule has 0 spiro atoms. The zero-order valence-corrected chi connectivity index (χ0v) is 8.33. The van der Waals surface area contributed by atoms with Crippen molar-refractivity contribution in [2.75, 3.05) is 18.8 Å². The van der Waals surface area contributed by atoms with E-state index in [0.29, 0.717) is 18.8 Å². The van der Waals surface area contributed by atoms with Gasteiger partial charge in [0.25, 0.3) is 0 Å². The molecule has 1 fully saturated rings. The topological polar surface area (TPSA) is 84.4 Å². The van der Waals surface area contributed by atoms with Crippen molar-refractivity contribution in [1.29, 1.82) is 0 Å². The fourth-order valence-corrected chi connectivity index (χ4v) is 1.90. The Balaban J connectivity index is 2.07. The van der Waals surface area contributed by atoms with Crippen molar-refractivity contribution in [1.82, 2.24) is 14.7 Å². The van der Waals surface area contributed by atoms with Crippen molar-refractivity contribution in [3.63, 3.8) is 0 Å². The molecule has 1 atom stereocenters. The highest BCUT2D eigenvalue weighted by atomic mass is 16.4. The Morgan fingerprint density at radius 1 is 1.67 bits per heavy atom. The lowest BCUT2D eigenvalue weighted by atomic mass is 10.1. The smallest absolute Gasteiger partial charge is 0.407 e. The summed E-state index contributed by atoms with van der Waals surface area (Å²) in [4.78, 5) is 12.2. The van der Waals surface area contributed by atoms with Gasteiger partial charge in [0.05, 0.1) is 17.9 Å². The zero-order valence-electron chi connectivity index (χ0n) is 8.33. The minimum Gasteiger partial charge on any atom is -0.465 e. The van der Waals surface area contributed by atoms with Crippen molar-refractivity contribution in [3.8, 4) is 0 Å². The van der Waals surface area contributed by atoms with Crippen LogP contribution in [0.2, 0.25) is 0 Å². The number of anilines is 1. The highest BCUT2D eigenvalue weighted by Crippen LogP contribution is 2.21. The number of likely N-dealkylation sites (tertiary alicyclic amines) is 1. The first-order chi connectivity index (χ1) is 7.16. The quantitative estimate of drug-likeness (QED) is 0.717. The number of nitrogens with two attached hydrogens (primary N) is 1. The third-order valence-corrected chi connectivity index (χ3v) is 2.66. The molecule has 0 bridgehead atoms. The van der Waals surface area contributed by atoms with Crippen LogP contribution >= 0.6 is 0 Å². The Bertz CT molecular complexity index is 363. The Morgan fingerprint density at radius 2 is 2.47 bits per heavy atom. The second kappa shape index (κ2) is 3.80. The summed E-state index contributed by atoms with van der Waals surface area (Å²) in [6, 6.07) is 0.118. The molecule has 0 radical (unpaired) electrons. The average molecular weight is 210 g/mol. The molecule has 1 aromatic heterocycles. The lowest BCUT2D eigenvalue weighted by molar-refractivity contribution is 0.119. The molecule has 15 heavy (non-hydrogen) atoms. The van der Waals surface area contributed by atoms with Gasteiger partial charge in [-0.3, -0.25) is 4.68 Å². The van der Waals surface area contributed by atoms with Gasteiger partial charge in [-0.2, -0.15) is 5.10 Å². The summed E-state index contributed by atoms with van der Waals surface area (Å²) >= 11 is 0.